The van der Waals surface area contributed by atoms with Crippen molar-refractivity contribution in [2.45, 2.75) is 13.3 Å². The van der Waals surface area contributed by atoms with E-state index in [1.807, 2.05) is 0 Å². The van der Waals surface area contributed by atoms with Crippen LogP contribution in [0.2, 0.25) is 0 Å². The highest BCUT2D eigenvalue weighted by Crippen LogP contribution is 2.24. The molecule has 0 fully saturated rings. The smallest absolute Gasteiger partial charge is 0.406 e. The molecule has 0 aliphatic rings. The summed E-state index contributed by atoms with van der Waals surface area (Å²) >= 11 is 0. The molecule has 104 valence electrons. The summed E-state index contributed by atoms with van der Waals surface area (Å²) in [6.07, 6.45) is -3.25. The number of pyridine rings is 1. The number of alkyl halides is 3. The zero-order valence-electron chi connectivity index (χ0n) is 10.4. The zero-order valence-corrected chi connectivity index (χ0v) is 10.4. The van der Waals surface area contributed by atoms with Crippen LogP contribution in [0.5, 0.6) is 5.75 Å². The van der Waals surface area contributed by atoms with E-state index in [9.17, 15) is 18.0 Å². The first-order valence-electron chi connectivity index (χ1n) is 5.69. The standard InChI is InChI=1S/C14H10F3NO2/c1-9-12(6-3-7-18-9)13(19)10-4-2-5-11(8-10)20-14(15,16)17/h2-8H,1H3. The average Bonchev–Trinajstić information content (AvgIpc) is 2.37. The SMILES string of the molecule is Cc1ncccc1C(=O)c1cccc(OC(F)(F)F)c1. The van der Waals surface area contributed by atoms with Crippen molar-refractivity contribution in [2.75, 3.05) is 0 Å². The lowest BCUT2D eigenvalue weighted by Crippen LogP contribution is -2.17. The largest absolute Gasteiger partial charge is 0.573 e. The minimum absolute atomic E-state index is 0.114. The first-order valence-corrected chi connectivity index (χ1v) is 5.69. The molecule has 0 unspecified atom stereocenters. The van der Waals surface area contributed by atoms with Gasteiger partial charge >= 0.3 is 6.36 Å². The summed E-state index contributed by atoms with van der Waals surface area (Å²) in [5.74, 6) is -0.826. The second kappa shape index (κ2) is 5.32. The molecule has 3 nitrogen and oxygen atoms in total. The number of ether oxygens (including phenoxy) is 1. The number of aryl methyl sites for hydroxylation is 1. The molecule has 2 aromatic rings. The molecule has 6 heteroatoms. The minimum Gasteiger partial charge on any atom is -0.406 e. The van der Waals surface area contributed by atoms with Gasteiger partial charge in [-0.25, -0.2) is 0 Å². The van der Waals surface area contributed by atoms with E-state index < -0.39 is 17.9 Å². The summed E-state index contributed by atoms with van der Waals surface area (Å²) in [6.45, 7) is 1.66. The van der Waals surface area contributed by atoms with Crippen LogP contribution >= 0.6 is 0 Å². The summed E-state index contributed by atoms with van der Waals surface area (Å²) in [6, 6.07) is 8.12. The molecule has 0 radical (unpaired) electrons. The number of rotatable bonds is 3. The molecule has 0 N–H and O–H groups in total. The highest BCUT2D eigenvalue weighted by molar-refractivity contribution is 6.09. The van der Waals surface area contributed by atoms with Crippen LogP contribution < -0.4 is 4.74 Å². The molecule has 1 heterocycles. The number of ketones is 1. The maximum atomic E-state index is 12.2. The highest BCUT2D eigenvalue weighted by atomic mass is 19.4. The van der Waals surface area contributed by atoms with Gasteiger partial charge in [0.15, 0.2) is 5.78 Å². The number of benzene rings is 1. The van der Waals surface area contributed by atoms with Crippen molar-refractivity contribution in [3.05, 3.63) is 59.4 Å². The van der Waals surface area contributed by atoms with Gasteiger partial charge in [0.25, 0.3) is 0 Å². The predicted octanol–water partition coefficient (Wildman–Crippen LogP) is 3.52. The molecule has 0 bridgehead atoms. The van der Waals surface area contributed by atoms with Crippen molar-refractivity contribution < 1.29 is 22.7 Å². The van der Waals surface area contributed by atoms with E-state index in [-0.39, 0.29) is 5.56 Å². The number of hydrogen-bond acceptors (Lipinski definition) is 3. The molecular weight excluding hydrogens is 271 g/mol. The Hall–Kier alpha value is -2.37. The van der Waals surface area contributed by atoms with Crippen LogP contribution in [-0.2, 0) is 0 Å². The quantitative estimate of drug-likeness (QED) is 0.808. The van der Waals surface area contributed by atoms with Gasteiger partial charge in [0.05, 0.1) is 0 Å². The molecule has 0 aliphatic carbocycles. The second-order valence-electron chi connectivity index (χ2n) is 4.04. The van der Waals surface area contributed by atoms with Gasteiger partial charge in [-0.2, -0.15) is 0 Å². The lowest BCUT2D eigenvalue weighted by molar-refractivity contribution is -0.274. The minimum atomic E-state index is -4.79. The van der Waals surface area contributed by atoms with Crippen molar-refractivity contribution in [3.63, 3.8) is 0 Å². The van der Waals surface area contributed by atoms with Gasteiger partial charge in [-0.15, -0.1) is 13.2 Å². The van der Waals surface area contributed by atoms with E-state index in [1.54, 1.807) is 19.1 Å². The lowest BCUT2D eigenvalue weighted by atomic mass is 10.0. The highest BCUT2D eigenvalue weighted by Gasteiger charge is 2.31. The van der Waals surface area contributed by atoms with E-state index in [2.05, 4.69) is 9.72 Å². The van der Waals surface area contributed by atoms with Crippen LogP contribution in [0.15, 0.2) is 42.6 Å². The normalized spacial score (nSPS) is 11.2. The van der Waals surface area contributed by atoms with Crippen LogP contribution in [0.1, 0.15) is 21.6 Å². The Balaban J connectivity index is 2.32. The molecule has 0 saturated heterocycles. The third kappa shape index (κ3) is 3.34. The Morgan fingerprint density at radius 2 is 1.95 bits per heavy atom. The Kier molecular flexibility index (Phi) is 3.74. The van der Waals surface area contributed by atoms with E-state index >= 15 is 0 Å². The van der Waals surface area contributed by atoms with Gasteiger partial charge in [-0.05, 0) is 31.2 Å². The number of hydrogen-bond donors (Lipinski definition) is 0. The predicted molar refractivity (Wildman–Crippen MR) is 65.5 cm³/mol. The maximum Gasteiger partial charge on any atom is 0.573 e. The van der Waals surface area contributed by atoms with E-state index in [1.165, 1.54) is 18.3 Å². The molecule has 0 aliphatic heterocycles. The van der Waals surface area contributed by atoms with Crippen molar-refractivity contribution in [1.29, 1.82) is 0 Å². The second-order valence-corrected chi connectivity index (χ2v) is 4.04. The van der Waals surface area contributed by atoms with Gasteiger partial charge in [0.1, 0.15) is 5.75 Å². The summed E-state index contributed by atoms with van der Waals surface area (Å²) in [5.41, 5.74) is 0.971. The zero-order chi connectivity index (χ0) is 14.8. The fourth-order valence-corrected chi connectivity index (χ4v) is 1.71. The topological polar surface area (TPSA) is 39.2 Å². The van der Waals surface area contributed by atoms with E-state index in [0.29, 0.717) is 11.3 Å². The van der Waals surface area contributed by atoms with Crippen molar-refractivity contribution in [2.24, 2.45) is 0 Å². The van der Waals surface area contributed by atoms with Crippen LogP contribution in [0.25, 0.3) is 0 Å². The van der Waals surface area contributed by atoms with Crippen LogP contribution in [-0.4, -0.2) is 17.1 Å². The Morgan fingerprint density at radius 1 is 1.20 bits per heavy atom. The number of halogens is 3. The molecule has 0 amide bonds. The van der Waals surface area contributed by atoms with Gasteiger partial charge in [-0.1, -0.05) is 12.1 Å². The molecule has 0 atom stereocenters. The molecule has 2 rings (SSSR count). The Morgan fingerprint density at radius 3 is 2.60 bits per heavy atom. The molecule has 0 spiro atoms. The van der Waals surface area contributed by atoms with E-state index in [0.717, 1.165) is 12.1 Å². The van der Waals surface area contributed by atoms with Crippen LogP contribution in [0, 0.1) is 6.92 Å². The fraction of sp³-hybridized carbons (Fsp3) is 0.143. The number of aromatic nitrogens is 1. The van der Waals surface area contributed by atoms with Gasteiger partial charge in [0, 0.05) is 23.0 Å². The molecule has 20 heavy (non-hydrogen) atoms. The first kappa shape index (κ1) is 14.0. The molecule has 0 saturated carbocycles. The van der Waals surface area contributed by atoms with Crippen molar-refractivity contribution in [3.8, 4) is 5.75 Å². The van der Waals surface area contributed by atoms with Crippen LogP contribution in [0.3, 0.4) is 0 Å². The lowest BCUT2D eigenvalue weighted by Gasteiger charge is -2.10. The van der Waals surface area contributed by atoms with Crippen LogP contribution in [0.4, 0.5) is 13.2 Å². The Bertz CT molecular complexity index is 638. The molecule has 1 aromatic carbocycles. The van der Waals surface area contributed by atoms with Gasteiger partial charge < -0.3 is 4.74 Å². The summed E-state index contributed by atoms with van der Waals surface area (Å²) in [7, 11) is 0. The van der Waals surface area contributed by atoms with Crippen molar-refractivity contribution >= 4 is 5.78 Å². The summed E-state index contributed by atoms with van der Waals surface area (Å²) in [4.78, 5) is 16.2. The maximum absolute atomic E-state index is 12.2. The fourth-order valence-electron chi connectivity index (χ4n) is 1.71. The number of nitrogens with zero attached hydrogens (tertiary/aromatic N) is 1. The van der Waals surface area contributed by atoms with Gasteiger partial charge in [0.2, 0.25) is 0 Å². The third-order valence-corrected chi connectivity index (χ3v) is 2.58. The first-order chi connectivity index (χ1) is 9.37. The van der Waals surface area contributed by atoms with Crippen molar-refractivity contribution in [1.82, 2.24) is 4.98 Å². The molecule has 1 aromatic heterocycles. The average molecular weight is 281 g/mol. The number of carbonyl (C=O) groups excluding carboxylic acids is 1. The summed E-state index contributed by atoms with van der Waals surface area (Å²) in [5, 5.41) is 0. The number of carbonyl (C=O) groups is 1. The Labute approximate surface area is 113 Å². The van der Waals surface area contributed by atoms with Gasteiger partial charge in [-0.3, -0.25) is 9.78 Å². The third-order valence-electron chi connectivity index (χ3n) is 2.58. The monoisotopic (exact) mass is 281 g/mol. The van der Waals surface area contributed by atoms with E-state index in [4.69, 9.17) is 0 Å². The molecular formula is C14H10F3NO2. The summed E-state index contributed by atoms with van der Waals surface area (Å²) < 4.78 is 40.2.